The van der Waals surface area contributed by atoms with Gasteiger partial charge in [-0.2, -0.15) is 4.31 Å². The number of nitrogens with zero attached hydrogens (tertiary/aromatic N) is 1. The molecule has 0 aliphatic rings. The molecule has 0 aliphatic heterocycles. The van der Waals surface area contributed by atoms with Gasteiger partial charge in [0.05, 0.1) is 11.4 Å². The lowest BCUT2D eigenvalue weighted by Gasteiger charge is -2.22. The highest BCUT2D eigenvalue weighted by atomic mass is 35.5. The van der Waals surface area contributed by atoms with E-state index in [1.54, 1.807) is 30.3 Å². The van der Waals surface area contributed by atoms with E-state index in [1.807, 2.05) is 0 Å². The normalized spacial score (nSPS) is 11.5. The molecular weight excluding hydrogens is 502 g/mol. The van der Waals surface area contributed by atoms with Crippen LogP contribution in [-0.4, -0.2) is 25.2 Å². The molecule has 3 aromatic rings. The van der Waals surface area contributed by atoms with Gasteiger partial charge in [-0.15, -0.1) is 0 Å². The van der Waals surface area contributed by atoms with Gasteiger partial charge in [-0.25, -0.2) is 8.42 Å². The van der Waals surface area contributed by atoms with E-state index >= 15 is 0 Å². The van der Waals surface area contributed by atoms with Crippen molar-refractivity contribution in [1.82, 2.24) is 4.31 Å². The van der Waals surface area contributed by atoms with Gasteiger partial charge in [-0.3, -0.25) is 4.79 Å². The van der Waals surface area contributed by atoms with Gasteiger partial charge in [0.25, 0.3) is 0 Å². The van der Waals surface area contributed by atoms with E-state index in [4.69, 9.17) is 46.4 Å². The second-order valence-corrected chi connectivity index (χ2v) is 10.2. The highest BCUT2D eigenvalue weighted by Crippen LogP contribution is 2.26. The molecule has 0 unspecified atom stereocenters. The Morgan fingerprint density at radius 1 is 0.839 bits per heavy atom. The summed E-state index contributed by atoms with van der Waals surface area (Å²) in [7, 11) is -4.00. The van der Waals surface area contributed by atoms with Crippen molar-refractivity contribution in [2.45, 2.75) is 11.4 Å². The van der Waals surface area contributed by atoms with Gasteiger partial charge in [0.15, 0.2) is 0 Å². The molecule has 0 atom stereocenters. The van der Waals surface area contributed by atoms with E-state index in [1.165, 1.54) is 36.4 Å². The van der Waals surface area contributed by atoms with E-state index in [2.05, 4.69) is 5.32 Å². The average molecular weight is 518 g/mol. The highest BCUT2D eigenvalue weighted by molar-refractivity contribution is 7.89. The summed E-state index contributed by atoms with van der Waals surface area (Å²) in [5.41, 5.74) is 0.855. The Labute approximate surface area is 200 Å². The number of carbonyl (C=O) groups is 1. The van der Waals surface area contributed by atoms with Gasteiger partial charge in [0, 0.05) is 32.3 Å². The molecule has 3 rings (SSSR count). The molecule has 0 spiro atoms. The minimum Gasteiger partial charge on any atom is -0.325 e. The number of hydrogen-bond donors (Lipinski definition) is 1. The largest absolute Gasteiger partial charge is 0.325 e. The molecule has 0 aliphatic carbocycles. The molecule has 1 N–H and O–H groups in total. The molecule has 31 heavy (non-hydrogen) atoms. The van der Waals surface area contributed by atoms with Crippen LogP contribution in [0, 0.1) is 0 Å². The Kier molecular flexibility index (Phi) is 7.86. The topological polar surface area (TPSA) is 66.5 Å². The van der Waals surface area contributed by atoms with Crippen molar-refractivity contribution in [3.05, 3.63) is 92.4 Å². The number of anilines is 1. The Balaban J connectivity index is 1.90. The molecular formula is C21H16Cl4N2O3S. The molecule has 5 nitrogen and oxygen atoms in total. The van der Waals surface area contributed by atoms with Crippen LogP contribution in [0.2, 0.25) is 20.1 Å². The van der Waals surface area contributed by atoms with E-state index < -0.39 is 22.5 Å². The van der Waals surface area contributed by atoms with Crippen LogP contribution in [0.4, 0.5) is 5.69 Å². The van der Waals surface area contributed by atoms with Crippen LogP contribution in [0.15, 0.2) is 71.6 Å². The van der Waals surface area contributed by atoms with Gasteiger partial charge >= 0.3 is 0 Å². The first-order valence-electron chi connectivity index (χ1n) is 8.90. The van der Waals surface area contributed by atoms with Gasteiger partial charge < -0.3 is 5.32 Å². The van der Waals surface area contributed by atoms with Crippen LogP contribution in [-0.2, 0) is 21.4 Å². The standard InChI is InChI=1S/C21H16Cl4N2O3S/c22-15-7-6-14(20(25)11-15)12-27(31(29,30)19-4-2-1-3-5-19)13-21(28)26-18-9-16(23)8-17(24)10-18/h1-11H,12-13H2,(H,26,28). The lowest BCUT2D eigenvalue weighted by Crippen LogP contribution is -2.37. The van der Waals surface area contributed by atoms with Crippen molar-refractivity contribution in [2.24, 2.45) is 0 Å². The lowest BCUT2D eigenvalue weighted by atomic mass is 10.2. The number of hydrogen-bond acceptors (Lipinski definition) is 3. The fourth-order valence-electron chi connectivity index (χ4n) is 2.79. The number of carbonyl (C=O) groups excluding carboxylic acids is 1. The average Bonchev–Trinajstić information content (AvgIpc) is 2.69. The molecule has 0 radical (unpaired) electrons. The molecule has 0 bridgehead atoms. The zero-order valence-electron chi connectivity index (χ0n) is 15.9. The van der Waals surface area contributed by atoms with Crippen LogP contribution < -0.4 is 5.32 Å². The van der Waals surface area contributed by atoms with Crippen molar-refractivity contribution >= 4 is 68.0 Å². The number of sulfonamides is 1. The summed E-state index contributed by atoms with van der Waals surface area (Å²) in [5, 5.41) is 4.01. The molecule has 0 heterocycles. The zero-order chi connectivity index (χ0) is 22.6. The molecule has 0 fully saturated rings. The SMILES string of the molecule is O=C(CN(Cc1ccc(Cl)cc1Cl)S(=O)(=O)c1ccccc1)Nc1cc(Cl)cc(Cl)c1. The first kappa shape index (κ1) is 23.9. The summed E-state index contributed by atoms with van der Waals surface area (Å²) in [5.74, 6) is -0.567. The van der Waals surface area contributed by atoms with Crippen molar-refractivity contribution in [3.63, 3.8) is 0 Å². The van der Waals surface area contributed by atoms with Crippen LogP contribution in [0.3, 0.4) is 0 Å². The van der Waals surface area contributed by atoms with Gasteiger partial charge in [0.2, 0.25) is 15.9 Å². The summed E-state index contributed by atoms with van der Waals surface area (Å²) < 4.78 is 27.5. The Hall–Kier alpha value is -1.80. The number of halogens is 4. The number of amides is 1. The smallest absolute Gasteiger partial charge is 0.243 e. The minimum atomic E-state index is -4.00. The quantitative estimate of drug-likeness (QED) is 0.410. The lowest BCUT2D eigenvalue weighted by molar-refractivity contribution is -0.116. The Bertz CT molecular complexity index is 1180. The molecule has 1 amide bonds. The Morgan fingerprint density at radius 2 is 1.48 bits per heavy atom. The maximum absolute atomic E-state index is 13.2. The molecule has 0 saturated carbocycles. The summed E-state index contributed by atoms with van der Waals surface area (Å²) in [4.78, 5) is 12.7. The summed E-state index contributed by atoms with van der Waals surface area (Å²) in [6, 6.07) is 17.1. The van der Waals surface area contributed by atoms with E-state index in [-0.39, 0.29) is 11.4 Å². The summed E-state index contributed by atoms with van der Waals surface area (Å²) >= 11 is 24.1. The zero-order valence-corrected chi connectivity index (χ0v) is 19.7. The van der Waals surface area contributed by atoms with Crippen LogP contribution in [0.25, 0.3) is 0 Å². The molecule has 10 heteroatoms. The number of benzene rings is 3. The second-order valence-electron chi connectivity index (χ2n) is 6.53. The van der Waals surface area contributed by atoms with Crippen molar-refractivity contribution < 1.29 is 13.2 Å². The number of nitrogens with one attached hydrogen (secondary N) is 1. The van der Waals surface area contributed by atoms with E-state index in [9.17, 15) is 13.2 Å². The molecule has 3 aromatic carbocycles. The highest BCUT2D eigenvalue weighted by Gasteiger charge is 2.27. The second kappa shape index (κ2) is 10.2. The van der Waals surface area contributed by atoms with Crippen LogP contribution >= 0.6 is 46.4 Å². The van der Waals surface area contributed by atoms with E-state index in [0.717, 1.165) is 4.31 Å². The van der Waals surface area contributed by atoms with Crippen molar-refractivity contribution in [1.29, 1.82) is 0 Å². The van der Waals surface area contributed by atoms with Crippen molar-refractivity contribution in [3.8, 4) is 0 Å². The fraction of sp³-hybridized carbons (Fsp3) is 0.0952. The summed E-state index contributed by atoms with van der Waals surface area (Å²) in [6.45, 7) is -0.586. The predicted molar refractivity (Wildman–Crippen MR) is 126 cm³/mol. The third-order valence-electron chi connectivity index (χ3n) is 4.21. The van der Waals surface area contributed by atoms with Gasteiger partial charge in [-0.05, 0) is 48.0 Å². The molecule has 162 valence electrons. The monoisotopic (exact) mass is 516 g/mol. The first-order valence-corrected chi connectivity index (χ1v) is 11.9. The molecule has 0 aromatic heterocycles. The predicted octanol–water partition coefficient (Wildman–Crippen LogP) is 6.13. The van der Waals surface area contributed by atoms with Crippen molar-refractivity contribution in [2.75, 3.05) is 11.9 Å². The third kappa shape index (κ3) is 6.35. The van der Waals surface area contributed by atoms with Gasteiger partial charge in [-0.1, -0.05) is 70.7 Å². The summed E-state index contributed by atoms with van der Waals surface area (Å²) in [6.07, 6.45) is 0. The first-order chi connectivity index (χ1) is 14.6. The van der Waals surface area contributed by atoms with E-state index in [0.29, 0.717) is 31.3 Å². The molecule has 0 saturated heterocycles. The van der Waals surface area contributed by atoms with Gasteiger partial charge in [0.1, 0.15) is 0 Å². The van der Waals surface area contributed by atoms with Crippen LogP contribution in [0.5, 0.6) is 0 Å². The maximum atomic E-state index is 13.2. The third-order valence-corrected chi connectivity index (χ3v) is 7.04. The fourth-order valence-corrected chi connectivity index (χ4v) is 5.18. The maximum Gasteiger partial charge on any atom is 0.243 e. The van der Waals surface area contributed by atoms with Crippen LogP contribution in [0.1, 0.15) is 5.56 Å². The number of rotatable bonds is 7. The minimum absolute atomic E-state index is 0.0543. The Morgan fingerprint density at radius 3 is 2.10 bits per heavy atom.